The van der Waals surface area contributed by atoms with Gasteiger partial charge in [-0.05, 0) is 49.1 Å². The fraction of sp³-hybridized carbons (Fsp3) is 0.786. The van der Waals surface area contributed by atoms with Crippen molar-refractivity contribution in [1.29, 1.82) is 0 Å². The van der Waals surface area contributed by atoms with Crippen LogP contribution in [0.15, 0.2) is 0 Å². The molecule has 0 bridgehead atoms. The molecule has 1 aliphatic carbocycles. The van der Waals surface area contributed by atoms with Crippen molar-refractivity contribution in [1.82, 2.24) is 9.59 Å². The second-order valence-corrected chi connectivity index (χ2v) is 6.38. The van der Waals surface area contributed by atoms with Crippen molar-refractivity contribution in [2.45, 2.75) is 52.9 Å². The van der Waals surface area contributed by atoms with Crippen molar-refractivity contribution in [3.63, 3.8) is 0 Å². The van der Waals surface area contributed by atoms with Gasteiger partial charge in [0.2, 0.25) is 0 Å². The molecule has 100 valence electrons. The van der Waals surface area contributed by atoms with Crippen LogP contribution in [0.4, 0.5) is 0 Å². The zero-order valence-corrected chi connectivity index (χ0v) is 12.3. The molecule has 1 fully saturated rings. The fourth-order valence-electron chi connectivity index (χ4n) is 2.77. The van der Waals surface area contributed by atoms with E-state index in [0.717, 1.165) is 42.2 Å². The molecular formula is C14H22N2OS. The van der Waals surface area contributed by atoms with Gasteiger partial charge >= 0.3 is 0 Å². The molecule has 0 aliphatic heterocycles. The third-order valence-corrected chi connectivity index (χ3v) is 5.02. The summed E-state index contributed by atoms with van der Waals surface area (Å²) in [5, 5.41) is 4.10. The molecule has 0 aromatic carbocycles. The summed E-state index contributed by atoms with van der Waals surface area (Å²) in [4.78, 5) is 13.4. The lowest BCUT2D eigenvalue weighted by Gasteiger charge is -2.30. The summed E-state index contributed by atoms with van der Waals surface area (Å²) in [5.41, 5.74) is 0.916. The molecule has 0 amide bonds. The van der Waals surface area contributed by atoms with E-state index in [2.05, 4.69) is 30.4 Å². The monoisotopic (exact) mass is 266 g/mol. The molecule has 1 aromatic heterocycles. The van der Waals surface area contributed by atoms with Crippen LogP contribution in [0.25, 0.3) is 0 Å². The summed E-state index contributed by atoms with van der Waals surface area (Å²) in [5.74, 6) is 1.91. The zero-order valence-electron chi connectivity index (χ0n) is 11.5. The van der Waals surface area contributed by atoms with Gasteiger partial charge in [-0.15, -0.1) is 5.10 Å². The lowest BCUT2D eigenvalue weighted by Crippen LogP contribution is -2.26. The van der Waals surface area contributed by atoms with Crippen LogP contribution in [0, 0.1) is 17.8 Å². The van der Waals surface area contributed by atoms with E-state index in [-0.39, 0.29) is 5.92 Å². The van der Waals surface area contributed by atoms with Gasteiger partial charge in [-0.2, -0.15) is 0 Å². The number of hydrogen-bond donors (Lipinski definition) is 0. The minimum atomic E-state index is 0.203. The van der Waals surface area contributed by atoms with E-state index in [1.165, 1.54) is 18.0 Å². The van der Waals surface area contributed by atoms with Gasteiger partial charge in [0.05, 0.1) is 5.69 Å². The van der Waals surface area contributed by atoms with Crippen LogP contribution in [0.5, 0.6) is 0 Å². The number of carbonyl (C=O) groups is 1. The topological polar surface area (TPSA) is 42.9 Å². The average Bonchev–Trinajstić information content (AvgIpc) is 2.80. The van der Waals surface area contributed by atoms with E-state index in [4.69, 9.17) is 0 Å². The summed E-state index contributed by atoms with van der Waals surface area (Å²) in [6.45, 7) is 6.67. The third kappa shape index (κ3) is 2.79. The van der Waals surface area contributed by atoms with E-state index < -0.39 is 0 Å². The molecule has 0 saturated heterocycles. The second kappa shape index (κ2) is 5.91. The van der Waals surface area contributed by atoms with Gasteiger partial charge < -0.3 is 0 Å². The maximum Gasteiger partial charge on any atom is 0.179 e. The Morgan fingerprint density at radius 3 is 2.78 bits per heavy atom. The minimum absolute atomic E-state index is 0.203. The summed E-state index contributed by atoms with van der Waals surface area (Å²) in [6, 6.07) is 0. The maximum atomic E-state index is 12.5. The van der Waals surface area contributed by atoms with Gasteiger partial charge in [0, 0.05) is 5.92 Å². The highest BCUT2D eigenvalue weighted by Crippen LogP contribution is 2.35. The molecule has 3 atom stereocenters. The van der Waals surface area contributed by atoms with Gasteiger partial charge in [0.15, 0.2) is 5.78 Å². The lowest BCUT2D eigenvalue weighted by atomic mass is 9.74. The molecule has 18 heavy (non-hydrogen) atoms. The van der Waals surface area contributed by atoms with E-state index in [9.17, 15) is 4.79 Å². The Kier molecular flexibility index (Phi) is 4.49. The predicted molar refractivity (Wildman–Crippen MR) is 73.9 cm³/mol. The molecule has 0 spiro atoms. The highest BCUT2D eigenvalue weighted by molar-refractivity contribution is 7.08. The van der Waals surface area contributed by atoms with E-state index >= 15 is 0 Å². The quantitative estimate of drug-likeness (QED) is 0.780. The van der Waals surface area contributed by atoms with Crippen molar-refractivity contribution in [2.24, 2.45) is 17.8 Å². The summed E-state index contributed by atoms with van der Waals surface area (Å²) in [6.07, 6.45) is 5.13. The predicted octanol–water partition coefficient (Wildman–Crippen LogP) is 3.75. The Labute approximate surface area is 113 Å². The third-order valence-electron chi connectivity index (χ3n) is 4.24. The van der Waals surface area contributed by atoms with Crippen molar-refractivity contribution < 1.29 is 4.79 Å². The molecule has 4 heteroatoms. The Balaban J connectivity index is 2.09. The molecular weight excluding hydrogens is 244 g/mol. The van der Waals surface area contributed by atoms with Crippen LogP contribution in [0.1, 0.15) is 61.8 Å². The zero-order chi connectivity index (χ0) is 13.1. The van der Waals surface area contributed by atoms with Crippen LogP contribution >= 0.6 is 11.5 Å². The number of hydrogen-bond acceptors (Lipinski definition) is 4. The maximum absolute atomic E-state index is 12.5. The van der Waals surface area contributed by atoms with Gasteiger partial charge in [-0.1, -0.05) is 31.7 Å². The number of nitrogens with zero attached hydrogens (tertiary/aromatic N) is 2. The average molecular weight is 266 g/mol. The number of carbonyl (C=O) groups excluding carboxylic acids is 1. The standard InChI is InChI=1S/C14H22N2OS/c1-4-5-12-14(18-16-15-12)13(17)11-7-6-9(2)10(3)8-11/h9-11H,4-8H2,1-3H3. The molecule has 3 nitrogen and oxygen atoms in total. The molecule has 1 aromatic rings. The highest BCUT2D eigenvalue weighted by Gasteiger charge is 2.31. The molecule has 1 aliphatic rings. The molecule has 1 saturated carbocycles. The van der Waals surface area contributed by atoms with Gasteiger partial charge in [-0.3, -0.25) is 4.79 Å². The molecule has 0 radical (unpaired) electrons. The van der Waals surface area contributed by atoms with Gasteiger partial charge in [-0.25, -0.2) is 0 Å². The first kappa shape index (κ1) is 13.7. The van der Waals surface area contributed by atoms with E-state index in [1.54, 1.807) is 0 Å². The van der Waals surface area contributed by atoms with Gasteiger partial charge in [0.25, 0.3) is 0 Å². The Morgan fingerprint density at radius 1 is 1.33 bits per heavy atom. The van der Waals surface area contributed by atoms with E-state index in [0.29, 0.717) is 11.7 Å². The Bertz CT molecular complexity index is 416. The molecule has 0 N–H and O–H groups in total. The number of Topliss-reactive ketones (excluding diaryl/α,β-unsaturated/α-hetero) is 1. The summed E-state index contributed by atoms with van der Waals surface area (Å²) >= 11 is 1.28. The van der Waals surface area contributed by atoms with Crippen LogP contribution in [-0.4, -0.2) is 15.4 Å². The molecule has 1 heterocycles. The van der Waals surface area contributed by atoms with Crippen LogP contribution in [0.3, 0.4) is 0 Å². The number of rotatable bonds is 4. The molecule has 3 unspecified atom stereocenters. The summed E-state index contributed by atoms with van der Waals surface area (Å²) in [7, 11) is 0. The van der Waals surface area contributed by atoms with Crippen molar-refractivity contribution in [3.05, 3.63) is 10.6 Å². The number of ketones is 1. The van der Waals surface area contributed by atoms with Crippen LogP contribution < -0.4 is 0 Å². The van der Waals surface area contributed by atoms with Gasteiger partial charge in [0.1, 0.15) is 4.88 Å². The Hall–Kier alpha value is -0.770. The first-order chi connectivity index (χ1) is 8.63. The number of aromatic nitrogens is 2. The lowest BCUT2D eigenvalue weighted by molar-refractivity contribution is 0.0840. The van der Waals surface area contributed by atoms with Crippen molar-refractivity contribution in [2.75, 3.05) is 0 Å². The normalized spacial score (nSPS) is 28.3. The summed E-state index contributed by atoms with van der Waals surface area (Å²) < 4.78 is 3.96. The first-order valence-corrected chi connectivity index (χ1v) is 7.76. The minimum Gasteiger partial charge on any atom is -0.293 e. The second-order valence-electron chi connectivity index (χ2n) is 5.63. The first-order valence-electron chi connectivity index (χ1n) is 6.98. The van der Waals surface area contributed by atoms with Crippen LogP contribution in [0.2, 0.25) is 0 Å². The van der Waals surface area contributed by atoms with Crippen molar-refractivity contribution >= 4 is 17.3 Å². The van der Waals surface area contributed by atoms with E-state index in [1.807, 2.05) is 0 Å². The highest BCUT2D eigenvalue weighted by atomic mass is 32.1. The smallest absolute Gasteiger partial charge is 0.179 e. The Morgan fingerprint density at radius 2 is 2.11 bits per heavy atom. The van der Waals surface area contributed by atoms with Crippen molar-refractivity contribution in [3.8, 4) is 0 Å². The largest absolute Gasteiger partial charge is 0.293 e. The fourth-order valence-corrected chi connectivity index (χ4v) is 3.49. The molecule has 2 rings (SSSR count). The number of aryl methyl sites for hydroxylation is 1. The SMILES string of the molecule is CCCc1nnsc1C(=O)C1CCC(C)C(C)C1. The van der Waals surface area contributed by atoms with Crippen LogP contribution in [-0.2, 0) is 6.42 Å².